The smallest absolute Gasteiger partial charge is 0.226 e. The molecule has 6 rings (SSSR count). The van der Waals surface area contributed by atoms with Crippen molar-refractivity contribution in [2.24, 2.45) is 0 Å². The van der Waals surface area contributed by atoms with Gasteiger partial charge in [0.15, 0.2) is 6.10 Å². The van der Waals surface area contributed by atoms with E-state index in [0.717, 1.165) is 39.5 Å². The van der Waals surface area contributed by atoms with E-state index in [1.165, 1.54) is 5.56 Å². The molecule has 0 saturated heterocycles. The minimum atomic E-state index is -0.416. The Bertz CT molecular complexity index is 1420. The van der Waals surface area contributed by atoms with E-state index in [1.807, 2.05) is 47.1 Å². The number of fused-ring (bicyclic) bond motifs is 3. The van der Waals surface area contributed by atoms with Gasteiger partial charge in [0.2, 0.25) is 5.95 Å². The third-order valence-corrected chi connectivity index (χ3v) is 6.53. The maximum Gasteiger partial charge on any atom is 0.226 e. The van der Waals surface area contributed by atoms with Crippen LogP contribution in [0.5, 0.6) is 17.2 Å². The summed E-state index contributed by atoms with van der Waals surface area (Å²) >= 11 is 0. The van der Waals surface area contributed by atoms with E-state index >= 15 is 0 Å². The van der Waals surface area contributed by atoms with Crippen LogP contribution in [0, 0.1) is 6.92 Å². The molecule has 0 aliphatic carbocycles. The molecular weight excluding hydrogens is 428 g/mol. The van der Waals surface area contributed by atoms with Gasteiger partial charge in [-0.3, -0.25) is 0 Å². The van der Waals surface area contributed by atoms with Crippen molar-refractivity contribution in [2.45, 2.75) is 19.1 Å². The monoisotopic (exact) mass is 452 g/mol. The molecule has 2 aliphatic rings. The predicted octanol–water partition coefficient (Wildman–Crippen LogP) is 5.16. The van der Waals surface area contributed by atoms with Crippen LogP contribution in [0.25, 0.3) is 5.70 Å². The summed E-state index contributed by atoms with van der Waals surface area (Å²) in [6.07, 6.45) is 1.17. The zero-order chi connectivity index (χ0) is 23.2. The fourth-order valence-electron chi connectivity index (χ4n) is 4.90. The third-order valence-electron chi connectivity index (χ3n) is 6.53. The molecule has 3 aromatic carbocycles. The van der Waals surface area contributed by atoms with Crippen molar-refractivity contribution < 1.29 is 14.2 Å². The van der Waals surface area contributed by atoms with Crippen LogP contribution in [0.1, 0.15) is 34.4 Å². The van der Waals surface area contributed by atoms with Gasteiger partial charge in [0.1, 0.15) is 29.6 Å². The molecule has 3 heterocycles. The molecule has 170 valence electrons. The van der Waals surface area contributed by atoms with Crippen molar-refractivity contribution in [3.8, 4) is 17.2 Å². The predicted molar refractivity (Wildman–Crippen MR) is 129 cm³/mol. The van der Waals surface area contributed by atoms with Crippen molar-refractivity contribution >= 4 is 11.6 Å². The Morgan fingerprint density at radius 3 is 2.59 bits per heavy atom. The second-order valence-corrected chi connectivity index (χ2v) is 8.34. The molecular formula is C27H24N4O3. The molecule has 34 heavy (non-hydrogen) atoms. The van der Waals surface area contributed by atoms with Crippen molar-refractivity contribution in [2.75, 3.05) is 19.5 Å². The van der Waals surface area contributed by atoms with Crippen LogP contribution >= 0.6 is 0 Å². The number of aryl methyl sites for hydroxylation is 1. The number of methoxy groups -OCH3 is 2. The van der Waals surface area contributed by atoms with Crippen LogP contribution in [0.4, 0.5) is 5.95 Å². The highest BCUT2D eigenvalue weighted by Gasteiger charge is 2.42. The lowest BCUT2D eigenvalue weighted by atomic mass is 9.83. The number of hydrogen-bond acceptors (Lipinski definition) is 6. The molecule has 0 bridgehead atoms. The summed E-state index contributed by atoms with van der Waals surface area (Å²) in [4.78, 5) is 4.50. The molecule has 0 radical (unpaired) electrons. The van der Waals surface area contributed by atoms with Gasteiger partial charge in [-0.15, -0.1) is 0 Å². The summed E-state index contributed by atoms with van der Waals surface area (Å²) in [6, 6.07) is 22.1. The van der Waals surface area contributed by atoms with Crippen LogP contribution in [-0.2, 0) is 0 Å². The standard InChI is InChI=1S/C27H24N4O3/c1-16-8-4-5-9-18(16)25-23-24(30-27-28-15-29-31(25)27)19-10-6-7-11-21(19)34-26(23)20-13-12-17(32-2)14-22(20)33-3/h4-15,25-26H,1-3H3,(H,28,29,30)/t25-,26+/m0/s1. The zero-order valence-electron chi connectivity index (χ0n) is 19.1. The Hall–Kier alpha value is -4.26. The van der Waals surface area contributed by atoms with E-state index in [1.54, 1.807) is 20.5 Å². The topological polar surface area (TPSA) is 70.4 Å². The average molecular weight is 453 g/mol. The average Bonchev–Trinajstić information content (AvgIpc) is 3.35. The minimum absolute atomic E-state index is 0.208. The molecule has 1 N–H and O–H groups in total. The molecule has 0 fully saturated rings. The summed E-state index contributed by atoms with van der Waals surface area (Å²) in [5, 5.41) is 8.14. The summed E-state index contributed by atoms with van der Waals surface area (Å²) < 4.78 is 19.9. The Balaban J connectivity index is 1.64. The molecule has 0 amide bonds. The SMILES string of the molecule is COc1ccc([C@H]2Oc3ccccc3C3=C2[C@H](c2ccccc2C)n2ncnc2N3)c(OC)c1. The lowest BCUT2D eigenvalue weighted by Crippen LogP contribution is -2.32. The number of anilines is 1. The van der Waals surface area contributed by atoms with E-state index in [9.17, 15) is 0 Å². The fourth-order valence-corrected chi connectivity index (χ4v) is 4.90. The Morgan fingerprint density at radius 1 is 0.941 bits per heavy atom. The second-order valence-electron chi connectivity index (χ2n) is 8.34. The van der Waals surface area contributed by atoms with Gasteiger partial charge in [-0.05, 0) is 42.3 Å². The number of ether oxygens (including phenoxy) is 3. The number of para-hydroxylation sites is 1. The molecule has 0 unspecified atom stereocenters. The molecule has 2 aliphatic heterocycles. The van der Waals surface area contributed by atoms with Gasteiger partial charge in [0.25, 0.3) is 0 Å². The number of nitrogens with zero attached hydrogens (tertiary/aromatic N) is 3. The van der Waals surface area contributed by atoms with Crippen molar-refractivity contribution in [3.05, 3.63) is 101 Å². The normalized spacial score (nSPS) is 18.2. The summed E-state index contributed by atoms with van der Waals surface area (Å²) in [5.74, 6) is 2.92. The number of hydrogen-bond donors (Lipinski definition) is 1. The Morgan fingerprint density at radius 2 is 1.76 bits per heavy atom. The van der Waals surface area contributed by atoms with Gasteiger partial charge in [-0.1, -0.05) is 36.4 Å². The van der Waals surface area contributed by atoms with E-state index in [2.05, 4.69) is 46.6 Å². The van der Waals surface area contributed by atoms with Crippen molar-refractivity contribution in [3.63, 3.8) is 0 Å². The van der Waals surface area contributed by atoms with Crippen molar-refractivity contribution in [1.82, 2.24) is 14.8 Å². The number of benzene rings is 3. The molecule has 2 atom stereocenters. The molecule has 7 heteroatoms. The van der Waals surface area contributed by atoms with Crippen LogP contribution in [0.15, 0.2) is 78.6 Å². The van der Waals surface area contributed by atoms with Crippen molar-refractivity contribution in [1.29, 1.82) is 0 Å². The third kappa shape index (κ3) is 3.04. The molecule has 0 spiro atoms. The maximum atomic E-state index is 6.71. The molecule has 1 aromatic heterocycles. The van der Waals surface area contributed by atoms with Gasteiger partial charge in [0.05, 0.1) is 19.9 Å². The summed E-state index contributed by atoms with van der Waals surface area (Å²) in [5.41, 5.74) is 6.25. The number of nitrogens with one attached hydrogen (secondary N) is 1. The Kier molecular flexibility index (Phi) is 4.76. The molecule has 4 aromatic rings. The highest BCUT2D eigenvalue weighted by atomic mass is 16.5. The van der Waals surface area contributed by atoms with E-state index in [4.69, 9.17) is 14.2 Å². The molecule has 0 saturated carbocycles. The maximum absolute atomic E-state index is 6.71. The lowest BCUT2D eigenvalue weighted by molar-refractivity contribution is 0.217. The minimum Gasteiger partial charge on any atom is -0.497 e. The first kappa shape index (κ1) is 20.4. The van der Waals surface area contributed by atoms with Gasteiger partial charge < -0.3 is 19.5 Å². The van der Waals surface area contributed by atoms with Gasteiger partial charge in [-0.25, -0.2) is 4.68 Å². The second kappa shape index (κ2) is 7.95. The Labute approximate surface area is 197 Å². The first-order valence-corrected chi connectivity index (χ1v) is 11.1. The first-order chi connectivity index (χ1) is 16.7. The fraction of sp³-hybridized carbons (Fsp3) is 0.185. The van der Waals surface area contributed by atoms with Gasteiger partial charge in [-0.2, -0.15) is 10.1 Å². The van der Waals surface area contributed by atoms with E-state index < -0.39 is 6.10 Å². The number of aromatic nitrogens is 3. The van der Waals surface area contributed by atoms with Gasteiger partial charge >= 0.3 is 0 Å². The summed E-state index contributed by atoms with van der Waals surface area (Å²) in [6.45, 7) is 2.12. The number of rotatable bonds is 4. The zero-order valence-corrected chi connectivity index (χ0v) is 19.1. The largest absolute Gasteiger partial charge is 0.497 e. The molecule has 7 nitrogen and oxygen atoms in total. The van der Waals surface area contributed by atoms with Crippen LogP contribution < -0.4 is 19.5 Å². The highest BCUT2D eigenvalue weighted by Crippen LogP contribution is 2.52. The van der Waals surface area contributed by atoms with Crippen LogP contribution in [0.3, 0.4) is 0 Å². The highest BCUT2D eigenvalue weighted by molar-refractivity contribution is 5.85. The van der Waals surface area contributed by atoms with Crippen LogP contribution in [-0.4, -0.2) is 29.0 Å². The first-order valence-electron chi connectivity index (χ1n) is 11.1. The van der Waals surface area contributed by atoms with Crippen LogP contribution in [0.2, 0.25) is 0 Å². The summed E-state index contributed by atoms with van der Waals surface area (Å²) in [7, 11) is 3.31. The quantitative estimate of drug-likeness (QED) is 0.461. The van der Waals surface area contributed by atoms with Gasteiger partial charge in [0, 0.05) is 22.8 Å². The lowest BCUT2D eigenvalue weighted by Gasteiger charge is -2.39. The van der Waals surface area contributed by atoms with E-state index in [0.29, 0.717) is 11.7 Å². The van der Waals surface area contributed by atoms with E-state index in [-0.39, 0.29) is 6.04 Å².